The van der Waals surface area contributed by atoms with Gasteiger partial charge >= 0.3 is 0 Å². The molecule has 0 atom stereocenters. The molecule has 104 valence electrons. The van der Waals surface area contributed by atoms with Crippen molar-refractivity contribution in [2.45, 2.75) is 0 Å². The lowest BCUT2D eigenvalue weighted by Crippen LogP contribution is -2.03. The van der Waals surface area contributed by atoms with Crippen LogP contribution in [0.4, 0.5) is 0 Å². The van der Waals surface area contributed by atoms with Crippen molar-refractivity contribution in [1.82, 2.24) is 0 Å². The second kappa shape index (κ2) is 5.61. The summed E-state index contributed by atoms with van der Waals surface area (Å²) in [5.74, 6) is -0.871. The Labute approximate surface area is 125 Å². The standard InChI is InChI=1S/C14H10Cl2O4/c1-20-13-6-12(18)9(5-10(13)16)14(19)8-4-7(15)2-3-11(8)17/h2-6,17-18H,1H3. The summed E-state index contributed by atoms with van der Waals surface area (Å²) < 4.78 is 4.94. The molecular formula is C14H10Cl2O4. The third kappa shape index (κ3) is 2.66. The summed E-state index contributed by atoms with van der Waals surface area (Å²) >= 11 is 11.7. The van der Waals surface area contributed by atoms with Gasteiger partial charge in [-0.3, -0.25) is 4.79 Å². The zero-order chi connectivity index (χ0) is 14.9. The summed E-state index contributed by atoms with van der Waals surface area (Å²) in [7, 11) is 1.39. The third-order valence-electron chi connectivity index (χ3n) is 2.72. The predicted molar refractivity (Wildman–Crippen MR) is 76.2 cm³/mol. The maximum atomic E-state index is 12.3. The molecule has 0 aromatic heterocycles. The molecule has 2 N–H and O–H groups in total. The summed E-state index contributed by atoms with van der Waals surface area (Å²) in [6.07, 6.45) is 0. The lowest BCUT2D eigenvalue weighted by molar-refractivity contribution is 0.103. The first-order valence-electron chi connectivity index (χ1n) is 5.53. The molecule has 0 aliphatic rings. The lowest BCUT2D eigenvalue weighted by atomic mass is 10.0. The van der Waals surface area contributed by atoms with E-state index >= 15 is 0 Å². The molecule has 0 saturated carbocycles. The number of rotatable bonds is 3. The summed E-state index contributed by atoms with van der Waals surface area (Å²) in [6.45, 7) is 0. The Morgan fingerprint density at radius 3 is 2.35 bits per heavy atom. The Kier molecular flexibility index (Phi) is 4.06. The highest BCUT2D eigenvalue weighted by molar-refractivity contribution is 6.33. The Bertz CT molecular complexity index is 683. The first-order valence-corrected chi connectivity index (χ1v) is 6.29. The van der Waals surface area contributed by atoms with E-state index < -0.39 is 5.78 Å². The highest BCUT2D eigenvalue weighted by atomic mass is 35.5. The number of phenols is 2. The van der Waals surface area contributed by atoms with Gasteiger partial charge in [0.25, 0.3) is 0 Å². The van der Waals surface area contributed by atoms with E-state index in [9.17, 15) is 15.0 Å². The Morgan fingerprint density at radius 2 is 1.70 bits per heavy atom. The Morgan fingerprint density at radius 1 is 1.05 bits per heavy atom. The average molecular weight is 313 g/mol. The fraction of sp³-hybridized carbons (Fsp3) is 0.0714. The van der Waals surface area contributed by atoms with Gasteiger partial charge in [0.2, 0.25) is 5.78 Å². The van der Waals surface area contributed by atoms with Gasteiger partial charge in [-0.15, -0.1) is 0 Å². The van der Waals surface area contributed by atoms with Crippen molar-refractivity contribution in [2.75, 3.05) is 7.11 Å². The molecule has 0 spiro atoms. The zero-order valence-electron chi connectivity index (χ0n) is 10.4. The summed E-state index contributed by atoms with van der Waals surface area (Å²) in [4.78, 5) is 12.3. The van der Waals surface area contributed by atoms with Crippen molar-refractivity contribution in [3.05, 3.63) is 51.5 Å². The number of methoxy groups -OCH3 is 1. The van der Waals surface area contributed by atoms with Crippen LogP contribution in [0.2, 0.25) is 10.0 Å². The number of ketones is 1. The predicted octanol–water partition coefficient (Wildman–Crippen LogP) is 3.64. The molecule has 2 rings (SSSR count). The van der Waals surface area contributed by atoms with Crippen LogP contribution in [-0.4, -0.2) is 23.1 Å². The van der Waals surface area contributed by atoms with Gasteiger partial charge in [0.1, 0.15) is 17.2 Å². The number of carbonyl (C=O) groups is 1. The maximum absolute atomic E-state index is 12.3. The van der Waals surface area contributed by atoms with Crippen molar-refractivity contribution in [3.8, 4) is 17.2 Å². The number of hydrogen-bond donors (Lipinski definition) is 2. The smallest absolute Gasteiger partial charge is 0.200 e. The molecule has 0 heterocycles. The van der Waals surface area contributed by atoms with E-state index in [0.29, 0.717) is 5.02 Å². The average Bonchev–Trinajstić information content (AvgIpc) is 2.42. The molecule has 0 aliphatic heterocycles. The molecule has 0 fully saturated rings. The van der Waals surface area contributed by atoms with Gasteiger partial charge in [-0.1, -0.05) is 23.2 Å². The minimum atomic E-state index is -0.591. The normalized spacial score (nSPS) is 10.3. The van der Waals surface area contributed by atoms with Gasteiger partial charge in [-0.2, -0.15) is 0 Å². The van der Waals surface area contributed by atoms with E-state index in [1.807, 2.05) is 0 Å². The van der Waals surface area contributed by atoms with Crippen LogP contribution < -0.4 is 4.74 Å². The van der Waals surface area contributed by atoms with Crippen LogP contribution in [0.25, 0.3) is 0 Å². The fourth-order valence-corrected chi connectivity index (χ4v) is 2.13. The van der Waals surface area contributed by atoms with Crippen molar-refractivity contribution < 1.29 is 19.7 Å². The Hall–Kier alpha value is -1.91. The van der Waals surface area contributed by atoms with E-state index in [4.69, 9.17) is 27.9 Å². The van der Waals surface area contributed by atoms with Gasteiger partial charge in [-0.25, -0.2) is 0 Å². The van der Waals surface area contributed by atoms with Crippen molar-refractivity contribution in [1.29, 1.82) is 0 Å². The van der Waals surface area contributed by atoms with Crippen LogP contribution >= 0.6 is 23.2 Å². The first kappa shape index (κ1) is 14.5. The molecule has 20 heavy (non-hydrogen) atoms. The third-order valence-corrected chi connectivity index (χ3v) is 3.25. The van der Waals surface area contributed by atoms with Crippen molar-refractivity contribution in [3.63, 3.8) is 0 Å². The van der Waals surface area contributed by atoms with Crippen LogP contribution in [0.1, 0.15) is 15.9 Å². The molecule has 0 unspecified atom stereocenters. The van der Waals surface area contributed by atoms with Crippen molar-refractivity contribution >= 4 is 29.0 Å². The second-order valence-electron chi connectivity index (χ2n) is 3.99. The number of aromatic hydroxyl groups is 2. The van der Waals surface area contributed by atoms with E-state index in [1.165, 1.54) is 37.4 Å². The van der Waals surface area contributed by atoms with E-state index in [-0.39, 0.29) is 33.4 Å². The molecule has 0 radical (unpaired) electrons. The van der Waals surface area contributed by atoms with Crippen LogP contribution in [0, 0.1) is 0 Å². The first-order chi connectivity index (χ1) is 9.43. The van der Waals surface area contributed by atoms with Crippen LogP contribution in [-0.2, 0) is 0 Å². The largest absolute Gasteiger partial charge is 0.507 e. The van der Waals surface area contributed by atoms with Gasteiger partial charge in [0.05, 0.1) is 23.3 Å². The number of carbonyl (C=O) groups excluding carboxylic acids is 1. The topological polar surface area (TPSA) is 66.8 Å². The minimum absolute atomic E-state index is 0.0194. The molecule has 4 nitrogen and oxygen atoms in total. The summed E-state index contributed by atoms with van der Waals surface area (Å²) in [5, 5.41) is 20.0. The van der Waals surface area contributed by atoms with Crippen molar-refractivity contribution in [2.24, 2.45) is 0 Å². The second-order valence-corrected chi connectivity index (χ2v) is 4.84. The molecule has 6 heteroatoms. The number of ether oxygens (including phenoxy) is 1. The van der Waals surface area contributed by atoms with Crippen LogP contribution in [0.5, 0.6) is 17.2 Å². The molecule has 0 amide bonds. The molecule has 2 aromatic rings. The Balaban J connectivity index is 2.54. The quantitative estimate of drug-likeness (QED) is 0.849. The number of hydrogen-bond acceptors (Lipinski definition) is 4. The molecule has 0 bridgehead atoms. The molecular weight excluding hydrogens is 303 g/mol. The fourth-order valence-electron chi connectivity index (χ4n) is 1.72. The van der Waals surface area contributed by atoms with E-state index in [1.54, 1.807) is 0 Å². The van der Waals surface area contributed by atoms with E-state index in [0.717, 1.165) is 0 Å². The van der Waals surface area contributed by atoms with Crippen LogP contribution in [0.15, 0.2) is 30.3 Å². The SMILES string of the molecule is COc1cc(O)c(C(=O)c2cc(Cl)ccc2O)cc1Cl. The zero-order valence-corrected chi connectivity index (χ0v) is 11.9. The lowest BCUT2D eigenvalue weighted by Gasteiger charge is -2.09. The summed E-state index contributed by atoms with van der Waals surface area (Å²) in [5.41, 5.74) is -0.0672. The van der Waals surface area contributed by atoms with Gasteiger partial charge < -0.3 is 14.9 Å². The number of benzene rings is 2. The molecule has 2 aromatic carbocycles. The number of phenolic OH excluding ortho intramolecular Hbond substituents is 2. The highest BCUT2D eigenvalue weighted by Crippen LogP contribution is 2.34. The monoisotopic (exact) mass is 312 g/mol. The van der Waals surface area contributed by atoms with Gasteiger partial charge in [0.15, 0.2) is 0 Å². The molecule has 0 saturated heterocycles. The minimum Gasteiger partial charge on any atom is -0.507 e. The maximum Gasteiger partial charge on any atom is 0.200 e. The van der Waals surface area contributed by atoms with Crippen LogP contribution in [0.3, 0.4) is 0 Å². The number of halogens is 2. The molecule has 0 aliphatic carbocycles. The van der Waals surface area contributed by atoms with Gasteiger partial charge in [-0.05, 0) is 24.3 Å². The highest BCUT2D eigenvalue weighted by Gasteiger charge is 2.19. The summed E-state index contributed by atoms with van der Waals surface area (Å²) in [6, 6.07) is 6.58. The van der Waals surface area contributed by atoms with Gasteiger partial charge in [0, 0.05) is 11.1 Å². The van der Waals surface area contributed by atoms with E-state index in [2.05, 4.69) is 0 Å².